The highest BCUT2D eigenvalue weighted by Gasteiger charge is 2.17. The van der Waals surface area contributed by atoms with Crippen LogP contribution >= 0.6 is 0 Å². The number of nitrogen functional groups attached to an aromatic ring is 1. The molecular weight excluding hydrogens is 398 g/mol. The van der Waals surface area contributed by atoms with E-state index in [1.807, 2.05) is 49.4 Å². The summed E-state index contributed by atoms with van der Waals surface area (Å²) in [5.74, 6) is 0.720. The van der Waals surface area contributed by atoms with Gasteiger partial charge in [0.15, 0.2) is 0 Å². The molecule has 4 N–H and O–H groups in total. The number of amides is 1. The van der Waals surface area contributed by atoms with Crippen molar-refractivity contribution >= 4 is 34.1 Å². The first kappa shape index (κ1) is 21.3. The van der Waals surface area contributed by atoms with Gasteiger partial charge in [-0.1, -0.05) is 38.1 Å². The smallest absolute Gasteiger partial charge is 0.257 e. The Labute approximate surface area is 187 Å². The molecule has 0 bridgehead atoms. The van der Waals surface area contributed by atoms with Crippen LogP contribution in [0.3, 0.4) is 0 Å². The van der Waals surface area contributed by atoms with E-state index in [2.05, 4.69) is 40.5 Å². The second-order valence-corrected chi connectivity index (χ2v) is 8.17. The lowest BCUT2D eigenvalue weighted by Gasteiger charge is -2.15. The van der Waals surface area contributed by atoms with Crippen LogP contribution in [0.1, 0.15) is 41.3 Å². The standard InChI is InChI=1S/C26H27N5O/c1-15(2)17-6-5-7-20(13-17)30-25(32)21-10-8-16(3)23(24(21)27)18-9-11-22-19(12-18)14-29-26(28-4)31-22/h5-15H,27H2,1-4H3,(H,30,32)(H,28,29,31). The maximum Gasteiger partial charge on any atom is 0.257 e. The molecule has 0 saturated heterocycles. The van der Waals surface area contributed by atoms with E-state index < -0.39 is 0 Å². The monoisotopic (exact) mass is 425 g/mol. The number of carbonyl (C=O) groups excluding carboxylic acids is 1. The Balaban J connectivity index is 1.70. The van der Waals surface area contributed by atoms with Gasteiger partial charge in [0, 0.05) is 29.9 Å². The average Bonchev–Trinajstić information content (AvgIpc) is 2.78. The topological polar surface area (TPSA) is 92.9 Å². The van der Waals surface area contributed by atoms with Gasteiger partial charge in [0.25, 0.3) is 5.91 Å². The van der Waals surface area contributed by atoms with Gasteiger partial charge in [-0.2, -0.15) is 0 Å². The van der Waals surface area contributed by atoms with Gasteiger partial charge < -0.3 is 16.4 Å². The van der Waals surface area contributed by atoms with Crippen molar-refractivity contribution in [2.24, 2.45) is 0 Å². The van der Waals surface area contributed by atoms with Crippen molar-refractivity contribution in [3.8, 4) is 11.1 Å². The molecule has 0 saturated carbocycles. The third-order valence-corrected chi connectivity index (χ3v) is 5.60. The lowest BCUT2D eigenvalue weighted by molar-refractivity contribution is 0.102. The Bertz CT molecular complexity index is 1310. The molecule has 0 aliphatic heterocycles. The fraction of sp³-hybridized carbons (Fsp3) is 0.192. The summed E-state index contributed by atoms with van der Waals surface area (Å²) in [6.07, 6.45) is 1.78. The molecule has 4 aromatic rings. The number of nitrogens with zero attached hydrogens (tertiary/aromatic N) is 2. The first-order chi connectivity index (χ1) is 15.4. The lowest BCUT2D eigenvalue weighted by atomic mass is 9.94. The Morgan fingerprint density at radius 1 is 1.06 bits per heavy atom. The largest absolute Gasteiger partial charge is 0.398 e. The molecule has 4 rings (SSSR count). The quantitative estimate of drug-likeness (QED) is 0.362. The van der Waals surface area contributed by atoms with Gasteiger partial charge >= 0.3 is 0 Å². The van der Waals surface area contributed by atoms with Crippen molar-refractivity contribution in [3.63, 3.8) is 0 Å². The molecule has 1 heterocycles. The zero-order valence-electron chi connectivity index (χ0n) is 18.7. The van der Waals surface area contributed by atoms with Gasteiger partial charge in [0.2, 0.25) is 5.95 Å². The molecule has 0 spiro atoms. The molecule has 1 amide bonds. The van der Waals surface area contributed by atoms with Crippen LogP contribution in [0, 0.1) is 6.92 Å². The predicted molar refractivity (Wildman–Crippen MR) is 132 cm³/mol. The molecule has 0 radical (unpaired) electrons. The molecule has 0 fully saturated rings. The predicted octanol–water partition coefficient (Wildman–Crippen LogP) is 5.60. The Hall–Kier alpha value is -3.93. The van der Waals surface area contributed by atoms with Crippen molar-refractivity contribution < 1.29 is 4.79 Å². The Morgan fingerprint density at radius 2 is 1.88 bits per heavy atom. The number of hydrogen-bond acceptors (Lipinski definition) is 5. The minimum absolute atomic E-state index is 0.229. The molecule has 162 valence electrons. The molecule has 6 nitrogen and oxygen atoms in total. The first-order valence-electron chi connectivity index (χ1n) is 10.6. The van der Waals surface area contributed by atoms with E-state index in [0.717, 1.165) is 33.3 Å². The number of aryl methyl sites for hydroxylation is 1. The van der Waals surface area contributed by atoms with Gasteiger partial charge in [0.1, 0.15) is 0 Å². The van der Waals surface area contributed by atoms with Crippen molar-refractivity contribution in [1.29, 1.82) is 0 Å². The summed E-state index contributed by atoms with van der Waals surface area (Å²) in [6.45, 7) is 6.24. The van der Waals surface area contributed by atoms with Crippen molar-refractivity contribution in [2.45, 2.75) is 26.7 Å². The summed E-state index contributed by atoms with van der Waals surface area (Å²) in [6, 6.07) is 17.5. The Morgan fingerprint density at radius 3 is 2.62 bits per heavy atom. The number of nitrogens with two attached hydrogens (primary N) is 1. The van der Waals surface area contributed by atoms with Crippen LogP contribution < -0.4 is 16.4 Å². The van der Waals surface area contributed by atoms with Crippen LogP contribution in [-0.2, 0) is 0 Å². The maximum absolute atomic E-state index is 13.1. The third kappa shape index (κ3) is 4.12. The SMILES string of the molecule is CNc1ncc2cc(-c3c(C)ccc(C(=O)Nc4cccc(C(C)C)c4)c3N)ccc2n1. The number of anilines is 3. The molecule has 0 unspecified atom stereocenters. The molecular formula is C26H27N5O. The van der Waals surface area contributed by atoms with Crippen LogP contribution in [0.5, 0.6) is 0 Å². The molecule has 1 aromatic heterocycles. The summed E-state index contributed by atoms with van der Waals surface area (Å²) >= 11 is 0. The highest BCUT2D eigenvalue weighted by molar-refractivity contribution is 6.10. The van der Waals surface area contributed by atoms with E-state index in [1.165, 1.54) is 5.56 Å². The van der Waals surface area contributed by atoms with E-state index in [9.17, 15) is 4.79 Å². The van der Waals surface area contributed by atoms with E-state index in [0.29, 0.717) is 23.1 Å². The molecule has 6 heteroatoms. The number of aromatic nitrogens is 2. The fourth-order valence-corrected chi connectivity index (χ4v) is 3.79. The van der Waals surface area contributed by atoms with E-state index in [-0.39, 0.29) is 5.91 Å². The second-order valence-electron chi connectivity index (χ2n) is 8.17. The minimum atomic E-state index is -0.229. The van der Waals surface area contributed by atoms with Crippen LogP contribution in [-0.4, -0.2) is 22.9 Å². The van der Waals surface area contributed by atoms with Crippen LogP contribution in [0.15, 0.2) is 60.8 Å². The van der Waals surface area contributed by atoms with Gasteiger partial charge in [-0.3, -0.25) is 4.79 Å². The highest BCUT2D eigenvalue weighted by atomic mass is 16.1. The van der Waals surface area contributed by atoms with Gasteiger partial charge in [0.05, 0.1) is 16.8 Å². The zero-order chi connectivity index (χ0) is 22.8. The van der Waals surface area contributed by atoms with Gasteiger partial charge in [-0.15, -0.1) is 0 Å². The number of nitrogens with one attached hydrogen (secondary N) is 2. The molecule has 3 aromatic carbocycles. The molecule has 32 heavy (non-hydrogen) atoms. The van der Waals surface area contributed by atoms with Gasteiger partial charge in [-0.05, 0) is 59.9 Å². The highest BCUT2D eigenvalue weighted by Crippen LogP contribution is 2.34. The summed E-state index contributed by atoms with van der Waals surface area (Å²) in [7, 11) is 1.79. The number of fused-ring (bicyclic) bond motifs is 1. The normalized spacial score (nSPS) is 11.0. The summed E-state index contributed by atoms with van der Waals surface area (Å²) in [4.78, 5) is 21.8. The van der Waals surface area contributed by atoms with Crippen LogP contribution in [0.2, 0.25) is 0 Å². The summed E-state index contributed by atoms with van der Waals surface area (Å²) in [5.41, 5.74) is 13.0. The van der Waals surface area contributed by atoms with Crippen LogP contribution in [0.4, 0.5) is 17.3 Å². The van der Waals surface area contributed by atoms with E-state index in [1.54, 1.807) is 19.3 Å². The summed E-state index contributed by atoms with van der Waals surface area (Å²) in [5, 5.41) is 6.84. The number of rotatable bonds is 5. The van der Waals surface area contributed by atoms with Crippen molar-refractivity contribution in [3.05, 3.63) is 77.5 Å². The number of carbonyl (C=O) groups is 1. The van der Waals surface area contributed by atoms with E-state index in [4.69, 9.17) is 5.73 Å². The summed E-state index contributed by atoms with van der Waals surface area (Å²) < 4.78 is 0. The molecule has 0 aliphatic carbocycles. The minimum Gasteiger partial charge on any atom is -0.398 e. The van der Waals surface area contributed by atoms with E-state index >= 15 is 0 Å². The maximum atomic E-state index is 13.1. The van der Waals surface area contributed by atoms with Crippen LogP contribution in [0.25, 0.3) is 22.0 Å². The number of hydrogen-bond donors (Lipinski definition) is 3. The lowest BCUT2D eigenvalue weighted by Crippen LogP contribution is -2.15. The third-order valence-electron chi connectivity index (χ3n) is 5.60. The molecule has 0 atom stereocenters. The second kappa shape index (κ2) is 8.67. The van der Waals surface area contributed by atoms with Crippen molar-refractivity contribution in [2.75, 3.05) is 23.4 Å². The zero-order valence-corrected chi connectivity index (χ0v) is 18.7. The van der Waals surface area contributed by atoms with Gasteiger partial charge in [-0.25, -0.2) is 9.97 Å². The fourth-order valence-electron chi connectivity index (χ4n) is 3.79. The van der Waals surface area contributed by atoms with Crippen molar-refractivity contribution in [1.82, 2.24) is 9.97 Å². The average molecular weight is 426 g/mol. The number of benzene rings is 3. The molecule has 0 aliphatic rings. The Kier molecular flexibility index (Phi) is 5.77. The first-order valence-corrected chi connectivity index (χ1v) is 10.6.